The van der Waals surface area contributed by atoms with Gasteiger partial charge in [0.2, 0.25) is 11.8 Å². The standard InChI is InChI=1S/C26H38N4O4S/c1-15-20(35-14-28-15)16-8-10-17(11-9-16)21(26(5,6)34)29-23(32)19-12-18(31)13-30(19)24(33)22(27-7)25(2,3)4/h8-11,14,18-19,21-22,27,31,34H,12-13H2,1-7H3,(H,29,32)/t18-,19+,21-,22-/m1/s1. The molecular formula is C26H38N4O4S. The van der Waals surface area contributed by atoms with Crippen molar-refractivity contribution in [1.29, 1.82) is 0 Å². The number of aromatic nitrogens is 1. The van der Waals surface area contributed by atoms with Gasteiger partial charge in [0.25, 0.3) is 0 Å². The molecule has 0 spiro atoms. The van der Waals surface area contributed by atoms with E-state index < -0.39 is 35.7 Å². The van der Waals surface area contributed by atoms with E-state index in [9.17, 15) is 19.8 Å². The summed E-state index contributed by atoms with van der Waals surface area (Å²) >= 11 is 1.56. The highest BCUT2D eigenvalue weighted by molar-refractivity contribution is 7.13. The summed E-state index contributed by atoms with van der Waals surface area (Å²) in [5, 5.41) is 27.3. The average Bonchev–Trinajstić information content (AvgIpc) is 3.36. The first-order valence-corrected chi connectivity index (χ1v) is 12.8. The Labute approximate surface area is 211 Å². The minimum atomic E-state index is -1.26. The van der Waals surface area contributed by atoms with Crippen LogP contribution in [0.15, 0.2) is 29.8 Å². The number of benzene rings is 1. The topological polar surface area (TPSA) is 115 Å². The lowest BCUT2D eigenvalue weighted by Crippen LogP contribution is -2.56. The Morgan fingerprint density at radius 1 is 1.17 bits per heavy atom. The summed E-state index contributed by atoms with van der Waals surface area (Å²) in [7, 11) is 1.72. The van der Waals surface area contributed by atoms with E-state index in [0.717, 1.165) is 21.7 Å². The molecule has 2 amide bonds. The van der Waals surface area contributed by atoms with Gasteiger partial charge in [-0.1, -0.05) is 45.0 Å². The number of nitrogens with zero attached hydrogens (tertiary/aromatic N) is 2. The molecule has 4 N–H and O–H groups in total. The Morgan fingerprint density at radius 2 is 1.80 bits per heavy atom. The maximum Gasteiger partial charge on any atom is 0.243 e. The summed E-state index contributed by atoms with van der Waals surface area (Å²) in [6, 6.07) is 5.66. The minimum absolute atomic E-state index is 0.0985. The van der Waals surface area contributed by atoms with Crippen molar-refractivity contribution in [3.05, 3.63) is 41.0 Å². The molecule has 9 heteroatoms. The number of β-amino-alcohol motifs (C(OH)–C–C–N with tert-alkyl or cyclic N) is 1. The van der Waals surface area contributed by atoms with Crippen LogP contribution in [-0.4, -0.2) is 69.3 Å². The normalized spacial score (nSPS) is 20.5. The number of likely N-dealkylation sites (N-methyl/N-ethyl adjacent to an activating group) is 1. The molecule has 1 saturated heterocycles. The second-order valence-corrected chi connectivity index (χ2v) is 11.8. The number of thiazole rings is 1. The number of carbonyl (C=O) groups excluding carboxylic acids is 2. The van der Waals surface area contributed by atoms with E-state index >= 15 is 0 Å². The molecule has 2 aromatic rings. The fourth-order valence-electron chi connectivity index (χ4n) is 4.71. The van der Waals surface area contributed by atoms with Gasteiger partial charge in [-0.25, -0.2) is 4.98 Å². The summed E-state index contributed by atoms with van der Waals surface area (Å²) < 4.78 is 0. The number of aliphatic hydroxyl groups is 2. The van der Waals surface area contributed by atoms with Crippen LogP contribution in [-0.2, 0) is 9.59 Å². The van der Waals surface area contributed by atoms with Crippen LogP contribution >= 0.6 is 11.3 Å². The van der Waals surface area contributed by atoms with Gasteiger partial charge in [-0.2, -0.15) is 0 Å². The van der Waals surface area contributed by atoms with Crippen LogP contribution in [0.3, 0.4) is 0 Å². The second kappa shape index (κ2) is 10.3. The molecule has 0 bridgehead atoms. The smallest absolute Gasteiger partial charge is 0.243 e. The molecule has 0 unspecified atom stereocenters. The van der Waals surface area contributed by atoms with Crippen molar-refractivity contribution in [1.82, 2.24) is 20.5 Å². The number of hydrogen-bond acceptors (Lipinski definition) is 7. The van der Waals surface area contributed by atoms with Gasteiger partial charge in [0.15, 0.2) is 0 Å². The fraction of sp³-hybridized carbons (Fsp3) is 0.577. The number of carbonyl (C=O) groups is 2. The fourth-order valence-corrected chi connectivity index (χ4v) is 5.52. The van der Waals surface area contributed by atoms with Crippen molar-refractivity contribution in [3.8, 4) is 10.4 Å². The Kier molecular flexibility index (Phi) is 8.06. The van der Waals surface area contributed by atoms with Crippen molar-refractivity contribution in [3.63, 3.8) is 0 Å². The van der Waals surface area contributed by atoms with Gasteiger partial charge >= 0.3 is 0 Å². The number of nitrogens with one attached hydrogen (secondary N) is 2. The van der Waals surface area contributed by atoms with Crippen LogP contribution in [0.4, 0.5) is 0 Å². The van der Waals surface area contributed by atoms with E-state index in [2.05, 4.69) is 15.6 Å². The van der Waals surface area contributed by atoms with E-state index in [0.29, 0.717) is 0 Å². The summed E-state index contributed by atoms with van der Waals surface area (Å²) in [4.78, 5) is 33.6. The molecule has 35 heavy (non-hydrogen) atoms. The molecule has 8 nitrogen and oxygen atoms in total. The molecule has 2 heterocycles. The number of amides is 2. The summed E-state index contributed by atoms with van der Waals surface area (Å²) in [6.07, 6.45) is -0.630. The number of hydrogen-bond donors (Lipinski definition) is 4. The lowest BCUT2D eigenvalue weighted by atomic mass is 9.85. The third-order valence-corrected chi connectivity index (χ3v) is 7.49. The van der Waals surface area contributed by atoms with Gasteiger partial charge in [0.1, 0.15) is 6.04 Å². The van der Waals surface area contributed by atoms with E-state index in [1.807, 2.05) is 52.0 Å². The molecule has 1 aliphatic heterocycles. The number of aliphatic hydroxyl groups excluding tert-OH is 1. The first-order chi connectivity index (χ1) is 16.2. The Morgan fingerprint density at radius 3 is 2.29 bits per heavy atom. The molecule has 192 valence electrons. The molecule has 0 saturated carbocycles. The van der Waals surface area contributed by atoms with Crippen LogP contribution in [0, 0.1) is 12.3 Å². The first kappa shape index (κ1) is 27.3. The SMILES string of the molecule is CN[C@H](C(=O)N1C[C@H](O)C[C@H]1C(=O)N[C@H](c1ccc(-c2scnc2C)cc1)C(C)(C)O)C(C)(C)C. The van der Waals surface area contributed by atoms with Crippen LogP contribution in [0.2, 0.25) is 0 Å². The van der Waals surface area contributed by atoms with Crippen LogP contribution < -0.4 is 10.6 Å². The largest absolute Gasteiger partial charge is 0.391 e. The maximum absolute atomic E-state index is 13.4. The third-order valence-electron chi connectivity index (χ3n) is 6.51. The first-order valence-electron chi connectivity index (χ1n) is 11.9. The van der Waals surface area contributed by atoms with Crippen LogP contribution in [0.5, 0.6) is 0 Å². The predicted octanol–water partition coefficient (Wildman–Crippen LogP) is 2.64. The highest BCUT2D eigenvalue weighted by Crippen LogP contribution is 2.32. The van der Waals surface area contributed by atoms with Crippen molar-refractivity contribution in [2.24, 2.45) is 5.41 Å². The van der Waals surface area contributed by atoms with Crippen molar-refractivity contribution < 1.29 is 19.8 Å². The lowest BCUT2D eigenvalue weighted by Gasteiger charge is -2.36. The Balaban J connectivity index is 1.84. The van der Waals surface area contributed by atoms with E-state index in [-0.39, 0.29) is 24.3 Å². The zero-order chi connectivity index (χ0) is 26.1. The highest BCUT2D eigenvalue weighted by Gasteiger charge is 2.44. The highest BCUT2D eigenvalue weighted by atomic mass is 32.1. The molecule has 1 aromatic carbocycles. The average molecular weight is 503 g/mol. The maximum atomic E-state index is 13.4. The van der Waals surface area contributed by atoms with Crippen molar-refractivity contribution >= 4 is 23.2 Å². The Hall–Kier alpha value is -2.33. The summed E-state index contributed by atoms with van der Waals surface area (Å²) in [6.45, 7) is 11.2. The lowest BCUT2D eigenvalue weighted by molar-refractivity contribution is -0.142. The molecule has 3 rings (SSSR count). The molecule has 0 radical (unpaired) electrons. The third kappa shape index (κ3) is 6.09. The molecule has 1 aromatic heterocycles. The minimum Gasteiger partial charge on any atom is -0.391 e. The quantitative estimate of drug-likeness (QED) is 0.463. The number of likely N-dealkylation sites (tertiary alicyclic amines) is 1. The molecule has 4 atom stereocenters. The molecule has 1 fully saturated rings. The van der Waals surface area contributed by atoms with Gasteiger partial charge in [0.05, 0.1) is 39.9 Å². The zero-order valence-electron chi connectivity index (χ0n) is 21.6. The van der Waals surface area contributed by atoms with Crippen LogP contribution in [0.1, 0.15) is 58.3 Å². The summed E-state index contributed by atoms with van der Waals surface area (Å²) in [5.41, 5.74) is 2.90. The summed E-state index contributed by atoms with van der Waals surface area (Å²) in [5.74, 6) is -0.617. The van der Waals surface area contributed by atoms with Gasteiger partial charge in [0, 0.05) is 13.0 Å². The van der Waals surface area contributed by atoms with Crippen LogP contribution in [0.25, 0.3) is 10.4 Å². The van der Waals surface area contributed by atoms with E-state index in [1.54, 1.807) is 37.7 Å². The monoisotopic (exact) mass is 502 g/mol. The second-order valence-electron chi connectivity index (χ2n) is 11.0. The van der Waals surface area contributed by atoms with Gasteiger partial charge in [-0.15, -0.1) is 11.3 Å². The van der Waals surface area contributed by atoms with E-state index in [1.165, 1.54) is 4.90 Å². The molecule has 0 aliphatic carbocycles. The van der Waals surface area contributed by atoms with Gasteiger partial charge in [-0.05, 0) is 44.4 Å². The Bertz CT molecular complexity index is 1040. The number of aryl methyl sites for hydroxylation is 1. The number of rotatable bonds is 7. The van der Waals surface area contributed by atoms with Crippen molar-refractivity contribution in [2.75, 3.05) is 13.6 Å². The van der Waals surface area contributed by atoms with Crippen molar-refractivity contribution in [2.45, 2.75) is 77.8 Å². The van der Waals surface area contributed by atoms with E-state index in [4.69, 9.17) is 0 Å². The van der Waals surface area contributed by atoms with Gasteiger partial charge in [-0.3, -0.25) is 9.59 Å². The van der Waals surface area contributed by atoms with Gasteiger partial charge < -0.3 is 25.7 Å². The molecular weight excluding hydrogens is 464 g/mol. The zero-order valence-corrected chi connectivity index (χ0v) is 22.4. The molecule has 1 aliphatic rings. The predicted molar refractivity (Wildman–Crippen MR) is 138 cm³/mol.